The Balaban J connectivity index is 2.19. The first-order chi connectivity index (χ1) is 57.7. The van der Waals surface area contributed by atoms with Crippen molar-refractivity contribution in [2.45, 2.75) is 329 Å². The number of nitrogens with two attached hydrogens (primary N) is 2. The average molecular weight is 1780 g/mol. The van der Waals surface area contributed by atoms with Gasteiger partial charge >= 0.3 is 0 Å². The van der Waals surface area contributed by atoms with Crippen LogP contribution in [0.15, 0.2) is 30.3 Å². The number of carbonyl (C=O) groups excluding carboxylic acids is 20. The molecule has 0 radical (unpaired) electrons. The zero-order valence-corrected chi connectivity index (χ0v) is 77.4. The molecule has 42 nitrogen and oxygen atoms in total. The topological polar surface area (TPSA) is 642 Å². The molecule has 23 N–H and O–H groups in total. The van der Waals surface area contributed by atoms with Gasteiger partial charge in [0.1, 0.15) is 92.6 Å². The summed E-state index contributed by atoms with van der Waals surface area (Å²) in [7, 11) is 0. The van der Waals surface area contributed by atoms with Gasteiger partial charge in [-0.1, -0.05) is 78.8 Å². The molecule has 1 fully saturated rings. The molecule has 0 bridgehead atoms. The summed E-state index contributed by atoms with van der Waals surface area (Å²) in [6.45, 7) is 32.1. The fourth-order valence-electron chi connectivity index (χ4n) is 12.8. The smallest absolute Gasteiger partial charge is 0.248 e. The van der Waals surface area contributed by atoms with Crippen molar-refractivity contribution in [1.82, 2.24) is 95.3 Å². The molecule has 0 spiro atoms. The highest BCUT2D eigenvalue weighted by Gasteiger charge is 2.48. The molecule has 1 heterocycles. The van der Waals surface area contributed by atoms with Gasteiger partial charge in [-0.05, 0) is 185 Å². The highest BCUT2D eigenvalue weighted by atomic mass is 16.3. The van der Waals surface area contributed by atoms with Crippen LogP contribution in [0, 0.1) is 17.8 Å². The molecular weight excluding hydrogens is 1640 g/mol. The Morgan fingerprint density at radius 1 is 0.429 bits per heavy atom. The molecule has 126 heavy (non-hydrogen) atoms. The molecular formula is C84H140N20O22. The van der Waals surface area contributed by atoms with Gasteiger partial charge in [0.2, 0.25) is 118 Å². The Morgan fingerprint density at radius 3 is 1.32 bits per heavy atom. The van der Waals surface area contributed by atoms with Gasteiger partial charge < -0.3 is 117 Å². The van der Waals surface area contributed by atoms with E-state index in [1.54, 1.807) is 71.9 Å². The van der Waals surface area contributed by atoms with E-state index < -0.39 is 255 Å². The fourth-order valence-corrected chi connectivity index (χ4v) is 12.8. The van der Waals surface area contributed by atoms with Gasteiger partial charge in [-0.25, -0.2) is 0 Å². The van der Waals surface area contributed by atoms with Crippen molar-refractivity contribution in [2.75, 3.05) is 26.3 Å². The molecule has 1 aliphatic heterocycles. The number of hydrogen-bond acceptors (Lipinski definition) is 22. The number of amides is 20. The number of benzene rings is 1. The lowest BCUT2D eigenvalue weighted by Crippen LogP contribution is -2.67. The third-order valence-corrected chi connectivity index (χ3v) is 20.8. The summed E-state index contributed by atoms with van der Waals surface area (Å²) in [5, 5.41) is 63.3. The summed E-state index contributed by atoms with van der Waals surface area (Å²) in [4.78, 5) is 273. The average Bonchev–Trinajstić information content (AvgIpc) is 1.56. The molecule has 1 aromatic rings. The van der Waals surface area contributed by atoms with Gasteiger partial charge in [0.25, 0.3) is 0 Å². The van der Waals surface area contributed by atoms with Gasteiger partial charge in [-0.15, -0.1) is 0 Å². The highest BCUT2D eigenvalue weighted by molar-refractivity contribution is 6.04. The SMILES string of the molecule is CCC(C)(NC(=O)C(C)(C)NC(=O)C(C)NC(=O)C(CO)NC(=O)C(C)(C)NC(C)=O)C(=O)NC(CCC(N)=O)C(=O)NC(C)(C)C(=O)NC(C(=O)NC(C)(C)C(=O)NCC(=O)NC(CC(C)C)C(=O)NC(C)(C)C(=O)N1CCCC1C(=O)NC(CC(C)C)C(=O)NC(C)(C)C(=O)NC(C)(C)C(=O)NC(CCC(N)=O)C(=O)NC(CO)Cc1ccccc1)C(C)C. The molecule has 1 aliphatic rings. The largest absolute Gasteiger partial charge is 0.394 e. The quantitative estimate of drug-likeness (QED) is 0.0296. The fraction of sp³-hybridized carbons (Fsp3) is 0.690. The number of carbonyl (C=O) groups is 20. The minimum atomic E-state index is -1.91. The van der Waals surface area contributed by atoms with Crippen molar-refractivity contribution >= 4 is 118 Å². The minimum Gasteiger partial charge on any atom is -0.394 e. The molecule has 10 unspecified atom stereocenters. The van der Waals surface area contributed by atoms with E-state index in [2.05, 4.69) is 90.4 Å². The lowest BCUT2D eigenvalue weighted by atomic mass is 9.93. The Bertz CT molecular complexity index is 4130. The second-order valence-corrected chi connectivity index (χ2v) is 37.1. The van der Waals surface area contributed by atoms with E-state index in [-0.39, 0.29) is 63.3 Å². The Morgan fingerprint density at radius 2 is 0.841 bits per heavy atom. The molecule has 42 heteroatoms. The van der Waals surface area contributed by atoms with Crippen LogP contribution in [0.2, 0.25) is 0 Å². The standard InChI is InChI=1S/C84H140N20O22/c1-25-84(24,103-74(124)82(20,21)97-61(111)47(8)88-63(113)55(43-106)94-70(120)78(12,13)96-48(9)107)75(125)93-52(34-36-58(86)109)64(114)98-79(14,15)72(122)95-60(46(6)7)68(118)101-77(10,11)69(119)87-41-59(110)90-53(38-44(2)3)65(115)100-83(22,23)76(126)104-37-29-32-56(104)67(117)91-54(39-45(4)5)66(116)99-81(18,19)73(123)102-80(16,17)71(121)92-51(33-35-57(85)108)62(112)89-50(42-105)40-49-30-27-26-28-31-49/h26-28,30-31,44-47,50-56,60,105-106H,25,29,32-43H2,1-24H3,(H2,85,108)(H2,86,109)(H,87,119)(H,88,113)(H,89,112)(H,90,110)(H,91,117)(H,92,121)(H,93,125)(H,94,120)(H,95,122)(H,96,107)(H,97,111)(H,98,114)(H,99,116)(H,100,115)(H,101,118)(H,102,123)(H,103,124). The van der Waals surface area contributed by atoms with Crippen LogP contribution in [-0.4, -0.2) is 258 Å². The maximum absolute atomic E-state index is 14.6. The minimum absolute atomic E-state index is 0.0267. The molecule has 1 aromatic carbocycles. The van der Waals surface area contributed by atoms with Crippen LogP contribution in [0.3, 0.4) is 0 Å². The molecule has 0 aliphatic carbocycles. The zero-order valence-electron chi connectivity index (χ0n) is 77.4. The summed E-state index contributed by atoms with van der Waals surface area (Å²) in [6, 6.07) is -2.80. The Hall–Kier alpha value is -11.5. The summed E-state index contributed by atoms with van der Waals surface area (Å²) < 4.78 is 0. The number of primary amides is 2. The summed E-state index contributed by atoms with van der Waals surface area (Å²) in [6.07, 6.45) is -0.738. The van der Waals surface area contributed by atoms with Gasteiger partial charge in [0.15, 0.2) is 0 Å². The van der Waals surface area contributed by atoms with Crippen LogP contribution in [0.25, 0.3) is 0 Å². The normalized spacial score (nSPS) is 15.6. The summed E-state index contributed by atoms with van der Waals surface area (Å²) in [5.41, 5.74) is -2.48. The molecule has 10 atom stereocenters. The van der Waals surface area contributed by atoms with E-state index in [1.807, 2.05) is 0 Å². The number of nitrogens with one attached hydrogen (secondary N) is 17. The van der Waals surface area contributed by atoms with Crippen molar-refractivity contribution in [3.8, 4) is 0 Å². The monoisotopic (exact) mass is 1780 g/mol. The third kappa shape index (κ3) is 34.8. The van der Waals surface area contributed by atoms with Crippen LogP contribution in [0.5, 0.6) is 0 Å². The number of hydrogen-bond donors (Lipinski definition) is 21. The maximum Gasteiger partial charge on any atom is 0.248 e. The predicted octanol–water partition coefficient (Wildman–Crippen LogP) is -3.93. The van der Waals surface area contributed by atoms with Gasteiger partial charge in [-0.3, -0.25) is 95.9 Å². The first-order valence-electron chi connectivity index (χ1n) is 42.2. The van der Waals surface area contributed by atoms with E-state index in [4.69, 9.17) is 11.5 Å². The van der Waals surface area contributed by atoms with Crippen LogP contribution in [0.1, 0.15) is 230 Å². The van der Waals surface area contributed by atoms with E-state index in [9.17, 15) is 106 Å². The van der Waals surface area contributed by atoms with Gasteiger partial charge in [0.05, 0.1) is 25.8 Å². The van der Waals surface area contributed by atoms with Gasteiger partial charge in [-0.2, -0.15) is 0 Å². The van der Waals surface area contributed by atoms with E-state index in [0.717, 1.165) is 5.56 Å². The van der Waals surface area contributed by atoms with Crippen LogP contribution < -0.4 is 102 Å². The predicted molar refractivity (Wildman–Crippen MR) is 462 cm³/mol. The number of likely N-dealkylation sites (tertiary alicyclic amines) is 1. The third-order valence-electron chi connectivity index (χ3n) is 20.8. The lowest BCUT2D eigenvalue weighted by molar-refractivity contribution is -0.145. The number of aliphatic hydroxyl groups excluding tert-OH is 2. The van der Waals surface area contributed by atoms with Crippen LogP contribution >= 0.6 is 0 Å². The molecule has 0 saturated carbocycles. The van der Waals surface area contributed by atoms with E-state index >= 15 is 0 Å². The van der Waals surface area contributed by atoms with Crippen molar-refractivity contribution in [1.29, 1.82) is 0 Å². The number of aliphatic hydroxyl groups is 2. The zero-order chi connectivity index (χ0) is 97.1. The van der Waals surface area contributed by atoms with Crippen molar-refractivity contribution in [2.24, 2.45) is 29.2 Å². The molecule has 708 valence electrons. The van der Waals surface area contributed by atoms with Crippen molar-refractivity contribution in [3.05, 3.63) is 35.9 Å². The number of rotatable bonds is 50. The van der Waals surface area contributed by atoms with Crippen LogP contribution in [-0.2, 0) is 102 Å². The Labute approximate surface area is 736 Å². The van der Waals surface area contributed by atoms with Crippen LogP contribution in [0.4, 0.5) is 0 Å². The number of nitrogens with zero attached hydrogens (tertiary/aromatic N) is 1. The second-order valence-electron chi connectivity index (χ2n) is 37.1. The van der Waals surface area contributed by atoms with Crippen molar-refractivity contribution in [3.63, 3.8) is 0 Å². The summed E-state index contributed by atoms with van der Waals surface area (Å²) >= 11 is 0. The summed E-state index contributed by atoms with van der Waals surface area (Å²) in [5.74, 6) is -18.1. The second kappa shape index (κ2) is 47.2. The first-order valence-corrected chi connectivity index (χ1v) is 42.2. The molecule has 0 aromatic heterocycles. The van der Waals surface area contributed by atoms with E-state index in [0.29, 0.717) is 6.42 Å². The first kappa shape index (κ1) is 111. The molecule has 1 saturated heterocycles. The van der Waals surface area contributed by atoms with E-state index in [1.165, 1.54) is 130 Å². The molecule has 20 amide bonds. The lowest BCUT2D eigenvalue weighted by Gasteiger charge is -2.35. The Kier molecular flexibility index (Phi) is 41.4. The van der Waals surface area contributed by atoms with Crippen molar-refractivity contribution < 1.29 is 106 Å². The van der Waals surface area contributed by atoms with Gasteiger partial charge in [0, 0.05) is 26.3 Å². The maximum atomic E-state index is 14.6. The molecule has 2 rings (SSSR count). The highest BCUT2D eigenvalue weighted by Crippen LogP contribution is 2.25.